The van der Waals surface area contributed by atoms with Gasteiger partial charge in [-0.15, -0.1) is 0 Å². The molecule has 0 bridgehead atoms. The minimum atomic E-state index is -1.07. The molecule has 0 aliphatic rings. The molecule has 27 heavy (non-hydrogen) atoms. The van der Waals surface area contributed by atoms with Gasteiger partial charge >= 0.3 is 17.3 Å². The number of halogens is 1. The molecule has 0 fully saturated rings. The summed E-state index contributed by atoms with van der Waals surface area (Å²) in [6.07, 6.45) is -1.07. The number of hydrogen-bond donors (Lipinski definition) is 3. The van der Waals surface area contributed by atoms with Crippen LogP contribution in [0.2, 0.25) is 0 Å². The number of anilines is 2. The summed E-state index contributed by atoms with van der Waals surface area (Å²) in [4.78, 5) is 41.2. The molecule has 3 N–H and O–H groups in total. The van der Waals surface area contributed by atoms with Crippen molar-refractivity contribution in [1.82, 2.24) is 14.6 Å². The molecule has 0 unspecified atom stereocenters. The third kappa shape index (κ3) is 4.76. The normalized spacial score (nSPS) is 10.6. The van der Waals surface area contributed by atoms with Crippen LogP contribution in [-0.2, 0) is 18.9 Å². The van der Waals surface area contributed by atoms with Gasteiger partial charge in [0.25, 0.3) is 0 Å². The SMILES string of the molecule is Cc1cc(Br)ccc1Nc1c(OC(=O)NOCCO)c(=O)n(C)c(=O)n1C. The zero-order chi connectivity index (χ0) is 20.1. The van der Waals surface area contributed by atoms with Crippen LogP contribution >= 0.6 is 15.9 Å². The number of carbonyl (C=O) groups excluding carboxylic acids is 1. The molecule has 2 aromatic rings. The first kappa shape index (κ1) is 20.7. The second-order valence-corrected chi connectivity index (χ2v) is 6.45. The van der Waals surface area contributed by atoms with Crippen LogP contribution in [0, 0.1) is 6.92 Å². The summed E-state index contributed by atoms with van der Waals surface area (Å²) in [7, 11) is 2.71. The van der Waals surface area contributed by atoms with Crippen molar-refractivity contribution in [2.24, 2.45) is 14.1 Å². The van der Waals surface area contributed by atoms with Crippen molar-refractivity contribution < 1.29 is 19.5 Å². The summed E-state index contributed by atoms with van der Waals surface area (Å²) < 4.78 is 7.88. The summed E-state index contributed by atoms with van der Waals surface area (Å²) in [6.45, 7) is 1.38. The third-order valence-electron chi connectivity index (χ3n) is 3.61. The van der Waals surface area contributed by atoms with Crippen LogP contribution in [0.25, 0.3) is 0 Å². The van der Waals surface area contributed by atoms with Crippen molar-refractivity contribution in [3.8, 4) is 5.75 Å². The van der Waals surface area contributed by atoms with Crippen molar-refractivity contribution in [1.29, 1.82) is 0 Å². The van der Waals surface area contributed by atoms with Crippen LogP contribution in [0.1, 0.15) is 5.56 Å². The lowest BCUT2D eigenvalue weighted by Crippen LogP contribution is -2.40. The largest absolute Gasteiger partial charge is 0.437 e. The Hall–Kier alpha value is -2.63. The lowest BCUT2D eigenvalue weighted by Gasteiger charge is -2.17. The molecule has 1 heterocycles. The van der Waals surface area contributed by atoms with Crippen LogP contribution < -0.4 is 26.8 Å². The number of ether oxygens (including phenoxy) is 1. The lowest BCUT2D eigenvalue weighted by atomic mass is 10.2. The Morgan fingerprint density at radius 1 is 1.26 bits per heavy atom. The van der Waals surface area contributed by atoms with E-state index in [4.69, 9.17) is 9.84 Å². The second-order valence-electron chi connectivity index (χ2n) is 5.53. The van der Waals surface area contributed by atoms with Crippen molar-refractivity contribution >= 4 is 33.5 Å². The van der Waals surface area contributed by atoms with Gasteiger partial charge < -0.3 is 15.2 Å². The zero-order valence-corrected chi connectivity index (χ0v) is 16.5. The van der Waals surface area contributed by atoms with Gasteiger partial charge in [0.15, 0.2) is 5.82 Å². The van der Waals surface area contributed by atoms with Crippen molar-refractivity contribution in [2.45, 2.75) is 6.92 Å². The van der Waals surface area contributed by atoms with E-state index in [2.05, 4.69) is 26.1 Å². The standard InChI is InChI=1S/C16H19BrN4O6/c1-9-8-10(17)4-5-11(9)18-13-12(27-15(24)19-26-7-6-22)14(23)21(3)16(25)20(13)2/h4-5,8,18,22H,6-7H2,1-3H3,(H,19,24). The highest BCUT2D eigenvalue weighted by atomic mass is 79.9. The van der Waals surface area contributed by atoms with Gasteiger partial charge in [-0.2, -0.15) is 5.48 Å². The number of nitrogens with zero attached hydrogens (tertiary/aromatic N) is 2. The van der Waals surface area contributed by atoms with Crippen LogP contribution in [0.15, 0.2) is 32.3 Å². The van der Waals surface area contributed by atoms with Gasteiger partial charge in [0.2, 0.25) is 5.75 Å². The van der Waals surface area contributed by atoms with Crippen LogP contribution in [0.4, 0.5) is 16.3 Å². The molecule has 0 aliphatic heterocycles. The number of amides is 1. The van der Waals surface area contributed by atoms with Gasteiger partial charge in [-0.25, -0.2) is 9.59 Å². The number of benzene rings is 1. The molecule has 1 aromatic heterocycles. The number of aliphatic hydroxyl groups excluding tert-OH is 1. The number of aliphatic hydroxyl groups is 1. The fourth-order valence-corrected chi connectivity index (χ4v) is 2.69. The number of aryl methyl sites for hydroxylation is 1. The highest BCUT2D eigenvalue weighted by molar-refractivity contribution is 9.10. The second kappa shape index (κ2) is 8.84. The smallest absolute Gasteiger partial charge is 0.399 e. The maximum Gasteiger partial charge on any atom is 0.437 e. The Morgan fingerprint density at radius 2 is 1.96 bits per heavy atom. The van der Waals surface area contributed by atoms with E-state index in [-0.39, 0.29) is 24.8 Å². The first-order valence-corrected chi connectivity index (χ1v) is 8.59. The topological polar surface area (TPSA) is 124 Å². The number of hydroxylamine groups is 1. The summed E-state index contributed by atoms with van der Waals surface area (Å²) in [6, 6.07) is 5.37. The van der Waals surface area contributed by atoms with Gasteiger partial charge in [-0.1, -0.05) is 15.9 Å². The molecule has 0 atom stereocenters. The third-order valence-corrected chi connectivity index (χ3v) is 4.10. The van der Waals surface area contributed by atoms with Gasteiger partial charge in [-0.05, 0) is 30.7 Å². The van der Waals surface area contributed by atoms with Crippen molar-refractivity contribution in [3.63, 3.8) is 0 Å². The summed E-state index contributed by atoms with van der Waals surface area (Å²) in [5, 5.41) is 11.6. The highest BCUT2D eigenvalue weighted by Gasteiger charge is 2.21. The Kier molecular flexibility index (Phi) is 6.77. The minimum Gasteiger partial charge on any atom is -0.399 e. The molecule has 0 aliphatic carbocycles. The van der Waals surface area contributed by atoms with E-state index < -0.39 is 17.3 Å². The van der Waals surface area contributed by atoms with E-state index in [0.29, 0.717) is 5.69 Å². The zero-order valence-electron chi connectivity index (χ0n) is 14.9. The molecule has 2 rings (SSSR count). The Labute approximate surface area is 162 Å². The van der Waals surface area contributed by atoms with E-state index in [1.165, 1.54) is 14.1 Å². The number of carbonyl (C=O) groups is 1. The molecule has 10 nitrogen and oxygen atoms in total. The Balaban J connectivity index is 2.47. The van der Waals surface area contributed by atoms with E-state index in [9.17, 15) is 14.4 Å². The molecule has 0 spiro atoms. The molecule has 1 aromatic carbocycles. The van der Waals surface area contributed by atoms with E-state index in [1.54, 1.807) is 12.1 Å². The number of aromatic nitrogens is 2. The molecular formula is C16H19BrN4O6. The van der Waals surface area contributed by atoms with Gasteiger partial charge in [0.1, 0.15) is 0 Å². The molecule has 0 radical (unpaired) electrons. The Bertz CT molecular complexity index is 969. The molecule has 1 amide bonds. The number of hydrogen-bond acceptors (Lipinski definition) is 7. The molecular weight excluding hydrogens is 424 g/mol. The predicted octanol–water partition coefficient (Wildman–Crippen LogP) is 0.911. The lowest BCUT2D eigenvalue weighted by molar-refractivity contribution is 0.0244. The quantitative estimate of drug-likeness (QED) is 0.448. The molecule has 146 valence electrons. The average molecular weight is 443 g/mol. The fourth-order valence-electron chi connectivity index (χ4n) is 2.21. The number of rotatable bonds is 6. The molecule has 11 heteroatoms. The van der Waals surface area contributed by atoms with E-state index in [1.807, 2.05) is 18.5 Å². The van der Waals surface area contributed by atoms with Crippen LogP contribution in [0.3, 0.4) is 0 Å². The average Bonchev–Trinajstić information content (AvgIpc) is 2.63. The van der Waals surface area contributed by atoms with Gasteiger partial charge in [0.05, 0.1) is 13.2 Å². The highest BCUT2D eigenvalue weighted by Crippen LogP contribution is 2.27. The predicted molar refractivity (Wildman–Crippen MR) is 101 cm³/mol. The van der Waals surface area contributed by atoms with E-state index >= 15 is 0 Å². The fraction of sp³-hybridized carbons (Fsp3) is 0.312. The Morgan fingerprint density at radius 3 is 2.59 bits per heavy atom. The van der Waals surface area contributed by atoms with Crippen LogP contribution in [0.5, 0.6) is 5.75 Å². The van der Waals surface area contributed by atoms with Gasteiger partial charge in [-0.3, -0.25) is 18.8 Å². The van der Waals surface area contributed by atoms with Crippen molar-refractivity contribution in [3.05, 3.63) is 49.1 Å². The first-order chi connectivity index (χ1) is 12.8. The summed E-state index contributed by atoms with van der Waals surface area (Å²) >= 11 is 3.36. The van der Waals surface area contributed by atoms with E-state index in [0.717, 1.165) is 19.2 Å². The minimum absolute atomic E-state index is 0.00540. The maximum atomic E-state index is 12.5. The van der Waals surface area contributed by atoms with Crippen LogP contribution in [-0.4, -0.2) is 33.5 Å². The maximum absolute atomic E-state index is 12.5. The molecule has 0 saturated heterocycles. The summed E-state index contributed by atoms with van der Waals surface area (Å²) in [5.74, 6) is -0.377. The molecule has 0 saturated carbocycles. The number of nitrogens with one attached hydrogen (secondary N) is 2. The van der Waals surface area contributed by atoms with Gasteiger partial charge in [0, 0.05) is 24.3 Å². The first-order valence-electron chi connectivity index (χ1n) is 7.80. The monoisotopic (exact) mass is 442 g/mol. The summed E-state index contributed by atoms with van der Waals surface area (Å²) in [5.41, 5.74) is 1.98. The van der Waals surface area contributed by atoms with Crippen molar-refractivity contribution in [2.75, 3.05) is 18.5 Å².